The van der Waals surface area contributed by atoms with Gasteiger partial charge >= 0.3 is 0 Å². The first kappa shape index (κ1) is 12.9. The molecule has 4 saturated carbocycles. The second-order valence-corrected chi connectivity index (χ2v) is 8.25. The third-order valence-electron chi connectivity index (χ3n) is 5.43. The Morgan fingerprint density at radius 3 is 2.21 bits per heavy atom. The Morgan fingerprint density at radius 1 is 1.05 bits per heavy atom. The molecule has 104 valence electrons. The van der Waals surface area contributed by atoms with Gasteiger partial charge in [-0.1, -0.05) is 0 Å². The zero-order valence-corrected chi connectivity index (χ0v) is 14.0. The summed E-state index contributed by atoms with van der Waals surface area (Å²) in [6.45, 7) is 0.858. The molecule has 1 aromatic rings. The van der Waals surface area contributed by atoms with Gasteiger partial charge in [0.15, 0.2) is 4.67 Å². The molecule has 1 N–H and O–H groups in total. The van der Waals surface area contributed by atoms with Crippen LogP contribution >= 0.6 is 31.9 Å². The zero-order valence-electron chi connectivity index (χ0n) is 10.9. The maximum Gasteiger partial charge on any atom is 0.183 e. The second-order valence-electron chi connectivity index (χ2n) is 6.67. The summed E-state index contributed by atoms with van der Waals surface area (Å²) in [5.74, 6) is 4.98. The van der Waals surface area contributed by atoms with Crippen molar-refractivity contribution >= 4 is 31.9 Å². The Kier molecular flexibility index (Phi) is 3.32. The molecule has 1 heterocycles. The van der Waals surface area contributed by atoms with Crippen LogP contribution in [0.4, 0.5) is 0 Å². The van der Waals surface area contributed by atoms with Crippen molar-refractivity contribution in [3.05, 3.63) is 21.0 Å². The van der Waals surface area contributed by atoms with Gasteiger partial charge in [-0.25, -0.2) is 0 Å². The van der Waals surface area contributed by atoms with Crippen molar-refractivity contribution in [3.8, 4) is 0 Å². The minimum absolute atomic E-state index is 0.732. The Bertz CT molecular complexity index is 437. The fourth-order valence-corrected chi connectivity index (χ4v) is 5.61. The van der Waals surface area contributed by atoms with Crippen LogP contribution < -0.4 is 5.32 Å². The second kappa shape index (κ2) is 4.88. The highest BCUT2D eigenvalue weighted by Gasteiger charge is 2.47. The molecule has 1 aromatic heterocycles. The van der Waals surface area contributed by atoms with Crippen LogP contribution in [0.2, 0.25) is 0 Å². The lowest BCUT2D eigenvalue weighted by atomic mass is 9.54. The van der Waals surface area contributed by atoms with E-state index in [9.17, 15) is 0 Å². The molecule has 0 atom stereocenters. The van der Waals surface area contributed by atoms with E-state index in [1.807, 2.05) is 0 Å². The van der Waals surface area contributed by atoms with Crippen LogP contribution in [0.1, 0.15) is 37.9 Å². The monoisotopic (exact) mass is 387 g/mol. The summed E-state index contributed by atoms with van der Waals surface area (Å²) in [6.07, 6.45) is 7.40. The van der Waals surface area contributed by atoms with E-state index in [1.165, 1.54) is 32.1 Å². The highest BCUT2D eigenvalue weighted by molar-refractivity contribution is 9.13. The number of hydrogen-bond acceptors (Lipinski definition) is 2. The lowest BCUT2D eigenvalue weighted by Crippen LogP contribution is -2.54. The summed E-state index contributed by atoms with van der Waals surface area (Å²) >= 11 is 6.88. The van der Waals surface area contributed by atoms with Gasteiger partial charge in [-0.15, -0.1) is 0 Å². The summed E-state index contributed by atoms with van der Waals surface area (Å²) < 4.78 is 7.47. The Labute approximate surface area is 131 Å². The predicted molar refractivity (Wildman–Crippen MR) is 81.8 cm³/mol. The van der Waals surface area contributed by atoms with Gasteiger partial charge in [-0.2, -0.15) is 0 Å². The number of furan rings is 1. The maximum absolute atomic E-state index is 5.66. The Hall–Kier alpha value is 0.200. The molecule has 19 heavy (non-hydrogen) atoms. The van der Waals surface area contributed by atoms with Gasteiger partial charge in [0.05, 0.1) is 11.0 Å². The average Bonchev–Trinajstić information content (AvgIpc) is 2.67. The van der Waals surface area contributed by atoms with Gasteiger partial charge in [-0.3, -0.25) is 0 Å². The smallest absolute Gasteiger partial charge is 0.183 e. The van der Waals surface area contributed by atoms with E-state index >= 15 is 0 Å². The number of hydrogen-bond donors (Lipinski definition) is 1. The SMILES string of the molecule is Brc1cc(CNC2C3CC4CC(C3)CC2C4)oc1Br. The molecule has 4 fully saturated rings. The molecule has 2 nitrogen and oxygen atoms in total. The molecule has 0 amide bonds. The standard InChI is InChI=1S/C15H19Br2NO/c16-13-6-12(19-15(13)17)7-18-14-10-2-8-1-9(4-10)5-11(14)3-8/h6,8-11,14,18H,1-5,7H2. The van der Waals surface area contributed by atoms with Gasteiger partial charge in [0, 0.05) is 6.04 Å². The van der Waals surface area contributed by atoms with Crippen molar-refractivity contribution in [2.45, 2.75) is 44.7 Å². The molecule has 4 bridgehead atoms. The van der Waals surface area contributed by atoms with Crippen molar-refractivity contribution in [1.29, 1.82) is 0 Å². The zero-order chi connectivity index (χ0) is 13.0. The molecule has 0 aromatic carbocycles. The molecular weight excluding hydrogens is 370 g/mol. The molecule has 0 spiro atoms. The van der Waals surface area contributed by atoms with E-state index < -0.39 is 0 Å². The molecule has 4 aliphatic carbocycles. The summed E-state index contributed by atoms with van der Waals surface area (Å²) in [5.41, 5.74) is 0. The van der Waals surface area contributed by atoms with Gasteiger partial charge in [0.1, 0.15) is 5.76 Å². The fourth-order valence-electron chi connectivity index (χ4n) is 4.96. The van der Waals surface area contributed by atoms with Crippen molar-refractivity contribution in [2.75, 3.05) is 0 Å². The first-order valence-corrected chi connectivity index (χ1v) is 8.94. The van der Waals surface area contributed by atoms with Crippen LogP contribution in [-0.2, 0) is 6.54 Å². The molecule has 0 aliphatic heterocycles. The third kappa shape index (κ3) is 2.34. The topological polar surface area (TPSA) is 25.2 Å². The molecule has 0 radical (unpaired) electrons. The third-order valence-corrected chi connectivity index (χ3v) is 7.15. The average molecular weight is 389 g/mol. The van der Waals surface area contributed by atoms with E-state index in [0.29, 0.717) is 0 Å². The normalized spacial score (nSPS) is 40.0. The fraction of sp³-hybridized carbons (Fsp3) is 0.733. The molecule has 0 unspecified atom stereocenters. The van der Waals surface area contributed by atoms with Crippen LogP contribution in [0, 0.1) is 23.7 Å². The van der Waals surface area contributed by atoms with Crippen molar-refractivity contribution in [3.63, 3.8) is 0 Å². The van der Waals surface area contributed by atoms with Crippen LogP contribution in [0.25, 0.3) is 0 Å². The lowest BCUT2D eigenvalue weighted by Gasteiger charge is -2.54. The van der Waals surface area contributed by atoms with Gasteiger partial charge in [0.25, 0.3) is 0 Å². The summed E-state index contributed by atoms with van der Waals surface area (Å²) in [7, 11) is 0. The first-order valence-electron chi connectivity index (χ1n) is 7.36. The quantitative estimate of drug-likeness (QED) is 0.810. The van der Waals surface area contributed by atoms with Crippen LogP contribution in [0.5, 0.6) is 0 Å². The van der Waals surface area contributed by atoms with Gasteiger partial charge < -0.3 is 9.73 Å². The van der Waals surface area contributed by atoms with Crippen LogP contribution in [-0.4, -0.2) is 6.04 Å². The highest BCUT2D eigenvalue weighted by Crippen LogP contribution is 2.53. The van der Waals surface area contributed by atoms with E-state index in [1.54, 1.807) is 0 Å². The number of nitrogens with one attached hydrogen (secondary N) is 1. The predicted octanol–water partition coefficient (Wildman–Crippen LogP) is 4.72. The first-order chi connectivity index (χ1) is 9.19. The molecule has 5 rings (SSSR count). The van der Waals surface area contributed by atoms with Gasteiger partial charge in [0.2, 0.25) is 0 Å². The van der Waals surface area contributed by atoms with E-state index in [4.69, 9.17) is 4.42 Å². The lowest BCUT2D eigenvalue weighted by molar-refractivity contribution is -0.0148. The summed E-state index contributed by atoms with van der Waals surface area (Å²) in [5, 5.41) is 3.79. The van der Waals surface area contributed by atoms with E-state index in [0.717, 1.165) is 51.2 Å². The van der Waals surface area contributed by atoms with Crippen molar-refractivity contribution in [2.24, 2.45) is 23.7 Å². The van der Waals surface area contributed by atoms with Gasteiger partial charge in [-0.05, 0) is 93.7 Å². The highest BCUT2D eigenvalue weighted by atomic mass is 79.9. The van der Waals surface area contributed by atoms with E-state index in [2.05, 4.69) is 43.2 Å². The van der Waals surface area contributed by atoms with Crippen molar-refractivity contribution in [1.82, 2.24) is 5.32 Å². The minimum atomic E-state index is 0.732. The van der Waals surface area contributed by atoms with E-state index in [-0.39, 0.29) is 0 Å². The van der Waals surface area contributed by atoms with Crippen molar-refractivity contribution < 1.29 is 4.42 Å². The number of rotatable bonds is 3. The minimum Gasteiger partial charge on any atom is -0.452 e. The van der Waals surface area contributed by atoms with Crippen LogP contribution in [0.15, 0.2) is 19.6 Å². The molecular formula is C15H19Br2NO. The Balaban J connectivity index is 1.43. The largest absolute Gasteiger partial charge is 0.452 e. The summed E-state index contributed by atoms with van der Waals surface area (Å²) in [4.78, 5) is 0. The maximum atomic E-state index is 5.66. The molecule has 4 aliphatic rings. The summed E-state index contributed by atoms with van der Waals surface area (Å²) in [6, 6.07) is 2.79. The number of halogens is 2. The van der Waals surface area contributed by atoms with Crippen LogP contribution in [0.3, 0.4) is 0 Å². The molecule has 4 heteroatoms. The Morgan fingerprint density at radius 2 is 1.68 bits per heavy atom. The molecule has 0 saturated heterocycles.